The number of nitrogens with one attached hydrogen (secondary N) is 1. The van der Waals surface area contributed by atoms with E-state index >= 15 is 0 Å². The van der Waals surface area contributed by atoms with E-state index in [1.165, 1.54) is 4.68 Å². The first-order valence-corrected chi connectivity index (χ1v) is 9.92. The van der Waals surface area contributed by atoms with Crippen LogP contribution in [0.25, 0.3) is 21.5 Å². The molecule has 0 unspecified atom stereocenters. The molecule has 0 spiro atoms. The number of methoxy groups -OCH3 is 1. The van der Waals surface area contributed by atoms with Crippen molar-refractivity contribution in [2.24, 2.45) is 5.10 Å². The largest absolute Gasteiger partial charge is 0.496 e. The molecule has 0 atom stereocenters. The van der Waals surface area contributed by atoms with Crippen molar-refractivity contribution in [1.29, 1.82) is 0 Å². The van der Waals surface area contributed by atoms with Crippen LogP contribution in [0, 0.1) is 0 Å². The summed E-state index contributed by atoms with van der Waals surface area (Å²) in [5.41, 5.74) is 3.21. The van der Waals surface area contributed by atoms with Crippen molar-refractivity contribution in [3.8, 4) is 5.75 Å². The minimum absolute atomic E-state index is 0.144. The van der Waals surface area contributed by atoms with Crippen molar-refractivity contribution in [2.45, 2.75) is 19.9 Å². The van der Waals surface area contributed by atoms with E-state index < -0.39 is 5.91 Å². The number of ether oxygens (including phenoxy) is 1. The summed E-state index contributed by atoms with van der Waals surface area (Å²) in [6, 6.07) is 18.4. The number of hydrogen-bond acceptors (Lipinski definition) is 5. The molecule has 3 aromatic carbocycles. The van der Waals surface area contributed by atoms with Crippen LogP contribution in [-0.4, -0.2) is 29.0 Å². The Hall–Kier alpha value is -4.00. The van der Waals surface area contributed by atoms with Crippen molar-refractivity contribution in [3.05, 3.63) is 82.3 Å². The van der Waals surface area contributed by atoms with Gasteiger partial charge in [0.05, 0.1) is 24.8 Å². The molecule has 0 aliphatic heterocycles. The zero-order chi connectivity index (χ0) is 22.0. The predicted octanol–water partition coefficient (Wildman–Crippen LogP) is 3.90. The third-order valence-corrected chi connectivity index (χ3v) is 5.04. The summed E-state index contributed by atoms with van der Waals surface area (Å²) in [6.45, 7) is 3.69. The highest BCUT2D eigenvalue weighted by Gasteiger charge is 2.17. The van der Waals surface area contributed by atoms with E-state index in [0.717, 1.165) is 16.3 Å². The minimum atomic E-state index is -0.499. The summed E-state index contributed by atoms with van der Waals surface area (Å²) in [6.07, 6.45) is 1.56. The Kier molecular flexibility index (Phi) is 5.49. The fourth-order valence-electron chi connectivity index (χ4n) is 3.52. The van der Waals surface area contributed by atoms with Gasteiger partial charge in [-0.05, 0) is 36.8 Å². The van der Waals surface area contributed by atoms with Gasteiger partial charge in [0.25, 0.3) is 11.5 Å². The summed E-state index contributed by atoms with van der Waals surface area (Å²) < 4.78 is 6.77. The zero-order valence-corrected chi connectivity index (χ0v) is 17.5. The molecule has 7 heteroatoms. The molecular formula is C24H22N4O3. The number of benzene rings is 3. The lowest BCUT2D eigenvalue weighted by molar-refractivity contribution is 0.0949. The first-order valence-electron chi connectivity index (χ1n) is 9.92. The summed E-state index contributed by atoms with van der Waals surface area (Å²) in [5.74, 6) is 0.148. The number of fused-ring (bicyclic) bond motifs is 2. The van der Waals surface area contributed by atoms with Gasteiger partial charge in [-0.25, -0.2) is 10.1 Å². The highest BCUT2D eigenvalue weighted by Crippen LogP contribution is 2.26. The maximum absolute atomic E-state index is 12.9. The number of carbonyl (C=O) groups is 1. The van der Waals surface area contributed by atoms with Crippen LogP contribution in [0.4, 0.5) is 0 Å². The molecule has 156 valence electrons. The van der Waals surface area contributed by atoms with Gasteiger partial charge in [0.15, 0.2) is 5.69 Å². The van der Waals surface area contributed by atoms with Gasteiger partial charge in [0.2, 0.25) is 0 Å². The second kappa shape index (κ2) is 8.39. The van der Waals surface area contributed by atoms with Crippen molar-refractivity contribution in [2.75, 3.05) is 7.11 Å². The number of hydrogen-bond donors (Lipinski definition) is 1. The fourth-order valence-corrected chi connectivity index (χ4v) is 3.52. The molecule has 31 heavy (non-hydrogen) atoms. The van der Waals surface area contributed by atoms with Gasteiger partial charge in [-0.2, -0.15) is 10.2 Å². The maximum Gasteiger partial charge on any atom is 0.292 e. The third-order valence-electron chi connectivity index (χ3n) is 5.04. The van der Waals surface area contributed by atoms with Crippen LogP contribution in [0.5, 0.6) is 5.75 Å². The quantitative estimate of drug-likeness (QED) is 0.396. The summed E-state index contributed by atoms with van der Waals surface area (Å²) >= 11 is 0. The standard InChI is InChI=1S/C24H22N4O3/c1-15(2)28-24(30)19-11-7-6-10-18(19)22(27-28)23(29)26-25-14-20-17-9-5-4-8-16(17)12-13-21(20)31-3/h4-15H,1-3H3,(H,26,29)/b25-14+. The lowest BCUT2D eigenvalue weighted by atomic mass is 10.0. The molecule has 1 amide bonds. The van der Waals surface area contributed by atoms with Gasteiger partial charge in [-0.15, -0.1) is 0 Å². The van der Waals surface area contributed by atoms with E-state index in [-0.39, 0.29) is 17.3 Å². The molecule has 0 saturated heterocycles. The number of carbonyl (C=O) groups excluding carboxylic acids is 1. The smallest absolute Gasteiger partial charge is 0.292 e. The summed E-state index contributed by atoms with van der Waals surface area (Å²) in [4.78, 5) is 25.6. The topological polar surface area (TPSA) is 85.6 Å². The Labute approximate surface area is 179 Å². The van der Waals surface area contributed by atoms with Crippen LogP contribution in [0.1, 0.15) is 35.9 Å². The molecule has 7 nitrogen and oxygen atoms in total. The normalized spacial score (nSPS) is 11.5. The predicted molar refractivity (Wildman–Crippen MR) is 122 cm³/mol. The van der Waals surface area contributed by atoms with E-state index in [1.54, 1.807) is 37.6 Å². The second-order valence-electron chi connectivity index (χ2n) is 7.34. The highest BCUT2D eigenvalue weighted by atomic mass is 16.5. The van der Waals surface area contributed by atoms with Crippen LogP contribution >= 0.6 is 0 Å². The molecule has 1 aromatic heterocycles. The van der Waals surface area contributed by atoms with Crippen molar-refractivity contribution in [1.82, 2.24) is 15.2 Å². The Morgan fingerprint density at radius 1 is 1.03 bits per heavy atom. The van der Waals surface area contributed by atoms with E-state index in [1.807, 2.05) is 50.2 Å². The number of hydrazone groups is 1. The number of rotatable bonds is 5. The van der Waals surface area contributed by atoms with Gasteiger partial charge in [-0.1, -0.05) is 48.5 Å². The third kappa shape index (κ3) is 3.77. The Bertz CT molecular complexity index is 1370. The van der Waals surface area contributed by atoms with Crippen LogP contribution in [0.2, 0.25) is 0 Å². The van der Waals surface area contributed by atoms with Crippen LogP contribution in [0.3, 0.4) is 0 Å². The first kappa shape index (κ1) is 20.3. The number of nitrogens with zero attached hydrogens (tertiary/aromatic N) is 3. The average Bonchev–Trinajstić information content (AvgIpc) is 2.79. The van der Waals surface area contributed by atoms with Gasteiger partial charge < -0.3 is 4.74 Å². The Morgan fingerprint density at radius 3 is 2.42 bits per heavy atom. The zero-order valence-electron chi connectivity index (χ0n) is 17.5. The Balaban J connectivity index is 1.72. The maximum atomic E-state index is 12.9. The van der Waals surface area contributed by atoms with E-state index in [4.69, 9.17) is 4.74 Å². The molecule has 4 rings (SSSR count). The lowest BCUT2D eigenvalue weighted by Crippen LogP contribution is -2.30. The van der Waals surface area contributed by atoms with E-state index in [2.05, 4.69) is 15.6 Å². The molecule has 1 N–H and O–H groups in total. The molecule has 0 saturated carbocycles. The van der Waals surface area contributed by atoms with Gasteiger partial charge in [-0.3, -0.25) is 9.59 Å². The molecule has 0 radical (unpaired) electrons. The molecule has 0 bridgehead atoms. The van der Waals surface area contributed by atoms with Crippen molar-refractivity contribution >= 4 is 33.7 Å². The van der Waals surface area contributed by atoms with E-state index in [0.29, 0.717) is 16.5 Å². The van der Waals surface area contributed by atoms with Crippen LogP contribution in [0.15, 0.2) is 70.6 Å². The molecular weight excluding hydrogens is 392 g/mol. The van der Waals surface area contributed by atoms with Crippen molar-refractivity contribution in [3.63, 3.8) is 0 Å². The SMILES string of the molecule is COc1ccc2ccccc2c1/C=N/NC(=O)c1nn(C(C)C)c(=O)c2ccccc12. The molecule has 0 aliphatic rings. The fraction of sp³-hybridized carbons (Fsp3) is 0.167. The average molecular weight is 414 g/mol. The first-order chi connectivity index (χ1) is 15.0. The lowest BCUT2D eigenvalue weighted by Gasteiger charge is -2.12. The minimum Gasteiger partial charge on any atom is -0.496 e. The van der Waals surface area contributed by atoms with Crippen molar-refractivity contribution < 1.29 is 9.53 Å². The Morgan fingerprint density at radius 2 is 1.71 bits per heavy atom. The molecule has 0 fully saturated rings. The van der Waals surface area contributed by atoms with Crippen LogP contribution in [-0.2, 0) is 0 Å². The van der Waals surface area contributed by atoms with Gasteiger partial charge in [0.1, 0.15) is 5.75 Å². The summed E-state index contributed by atoms with van der Waals surface area (Å²) in [7, 11) is 1.59. The number of aromatic nitrogens is 2. The summed E-state index contributed by atoms with van der Waals surface area (Å²) in [5, 5.41) is 11.4. The monoisotopic (exact) mass is 414 g/mol. The van der Waals surface area contributed by atoms with Crippen LogP contribution < -0.4 is 15.7 Å². The van der Waals surface area contributed by atoms with E-state index in [9.17, 15) is 9.59 Å². The highest BCUT2D eigenvalue weighted by molar-refractivity contribution is 6.06. The molecule has 4 aromatic rings. The van der Waals surface area contributed by atoms with Gasteiger partial charge in [0, 0.05) is 10.9 Å². The number of amides is 1. The second-order valence-corrected chi connectivity index (χ2v) is 7.34. The van der Waals surface area contributed by atoms with Gasteiger partial charge >= 0.3 is 0 Å². The molecule has 1 heterocycles. The molecule has 0 aliphatic carbocycles.